The van der Waals surface area contributed by atoms with E-state index in [2.05, 4.69) is 36.7 Å². The highest BCUT2D eigenvalue weighted by molar-refractivity contribution is 7.18. The smallest absolute Gasteiger partial charge is 0.259 e. The van der Waals surface area contributed by atoms with Gasteiger partial charge in [0.1, 0.15) is 16.4 Å². The number of nitrogens with zero attached hydrogens (tertiary/aromatic N) is 3. The van der Waals surface area contributed by atoms with E-state index in [1.54, 1.807) is 18.4 Å². The molecule has 1 N–H and O–H groups in total. The minimum absolute atomic E-state index is 0.0546. The molecule has 3 heterocycles. The minimum Gasteiger partial charge on any atom is -0.497 e. The van der Waals surface area contributed by atoms with Gasteiger partial charge in [-0.05, 0) is 48.3 Å². The average Bonchev–Trinajstić information content (AvgIpc) is 3.25. The van der Waals surface area contributed by atoms with Crippen LogP contribution in [0.5, 0.6) is 5.75 Å². The van der Waals surface area contributed by atoms with Crippen LogP contribution >= 0.6 is 11.3 Å². The predicted molar refractivity (Wildman–Crippen MR) is 145 cm³/mol. The molecule has 36 heavy (non-hydrogen) atoms. The highest BCUT2D eigenvalue weighted by Gasteiger charge is 2.31. The van der Waals surface area contributed by atoms with Crippen molar-refractivity contribution in [2.75, 3.05) is 38.2 Å². The van der Waals surface area contributed by atoms with E-state index in [4.69, 9.17) is 9.72 Å². The van der Waals surface area contributed by atoms with Crippen LogP contribution in [0.2, 0.25) is 0 Å². The van der Waals surface area contributed by atoms with Crippen LogP contribution in [0.3, 0.4) is 0 Å². The number of carbonyl (C=O) groups excluding carboxylic acids is 1. The van der Waals surface area contributed by atoms with Gasteiger partial charge in [-0.25, -0.2) is 4.98 Å². The second kappa shape index (κ2) is 9.88. The summed E-state index contributed by atoms with van der Waals surface area (Å²) in [6, 6.07) is 8.03. The summed E-state index contributed by atoms with van der Waals surface area (Å²) in [5, 5.41) is 0.770. The maximum atomic E-state index is 13.0. The summed E-state index contributed by atoms with van der Waals surface area (Å²) in [4.78, 5) is 40.0. The molecule has 3 aromatic rings. The first kappa shape index (κ1) is 24.8. The first-order valence-electron chi connectivity index (χ1n) is 12.9. The van der Waals surface area contributed by atoms with Crippen molar-refractivity contribution in [3.8, 4) is 5.75 Å². The van der Waals surface area contributed by atoms with Crippen molar-refractivity contribution in [1.82, 2.24) is 14.9 Å². The summed E-state index contributed by atoms with van der Waals surface area (Å²) >= 11 is 1.67. The van der Waals surface area contributed by atoms with E-state index in [0.717, 1.165) is 54.0 Å². The van der Waals surface area contributed by atoms with Crippen molar-refractivity contribution in [1.29, 1.82) is 0 Å². The molecule has 0 bridgehead atoms. The van der Waals surface area contributed by atoms with Gasteiger partial charge in [0.05, 0.1) is 12.5 Å². The van der Waals surface area contributed by atoms with Crippen LogP contribution in [0, 0.1) is 11.3 Å². The third-order valence-corrected chi connectivity index (χ3v) is 8.97. The number of hydrogen-bond donors (Lipinski definition) is 1. The molecule has 7 nitrogen and oxygen atoms in total. The lowest BCUT2D eigenvalue weighted by Crippen LogP contribution is -2.48. The molecular weight excluding hydrogens is 472 g/mol. The number of carbonyl (C=O) groups is 1. The lowest BCUT2D eigenvalue weighted by atomic mass is 9.72. The number of hydrogen-bond acceptors (Lipinski definition) is 6. The molecule has 8 heteroatoms. The fourth-order valence-electron chi connectivity index (χ4n) is 5.49. The summed E-state index contributed by atoms with van der Waals surface area (Å²) in [5.74, 6) is 2.19. The van der Waals surface area contributed by atoms with E-state index in [0.29, 0.717) is 37.7 Å². The Balaban J connectivity index is 1.21. The zero-order valence-electron chi connectivity index (χ0n) is 21.7. The van der Waals surface area contributed by atoms with E-state index in [9.17, 15) is 9.59 Å². The van der Waals surface area contributed by atoms with Crippen LogP contribution in [0.4, 0.5) is 5.69 Å². The molecule has 2 aliphatic rings. The molecule has 192 valence electrons. The highest BCUT2D eigenvalue weighted by Crippen LogP contribution is 2.42. The molecule has 1 fully saturated rings. The third-order valence-electron chi connectivity index (χ3n) is 7.82. The summed E-state index contributed by atoms with van der Waals surface area (Å²) < 4.78 is 5.33. The van der Waals surface area contributed by atoms with E-state index < -0.39 is 0 Å². The van der Waals surface area contributed by atoms with Crippen LogP contribution in [-0.2, 0) is 24.1 Å². The van der Waals surface area contributed by atoms with Crippen LogP contribution in [0.1, 0.15) is 49.9 Å². The molecule has 1 aliphatic heterocycles. The number of aromatic nitrogens is 2. The van der Waals surface area contributed by atoms with Crippen molar-refractivity contribution in [2.45, 2.75) is 52.9 Å². The Labute approximate surface area is 216 Å². The fraction of sp³-hybridized carbons (Fsp3) is 0.536. The number of thiophene rings is 1. The molecule has 1 aliphatic carbocycles. The molecule has 1 atom stereocenters. The number of methoxy groups -OCH3 is 1. The summed E-state index contributed by atoms with van der Waals surface area (Å²) in [5.41, 5.74) is 2.52. The Morgan fingerprint density at radius 3 is 2.72 bits per heavy atom. The summed E-state index contributed by atoms with van der Waals surface area (Å²) in [6.45, 7) is 9.85. The van der Waals surface area contributed by atoms with Crippen LogP contribution in [0.25, 0.3) is 10.2 Å². The maximum absolute atomic E-state index is 13.0. The number of rotatable bonds is 5. The monoisotopic (exact) mass is 508 g/mol. The Morgan fingerprint density at radius 1 is 1.22 bits per heavy atom. The quantitative estimate of drug-likeness (QED) is 0.552. The summed E-state index contributed by atoms with van der Waals surface area (Å²) in [7, 11) is 1.67. The van der Waals surface area contributed by atoms with Crippen LogP contribution in [0.15, 0.2) is 29.1 Å². The standard InChI is InChI=1S/C28H36N4O3S/c1-28(2,3)18-8-9-21-22(16-18)36-27-25(21)26(34)29-23(30-27)10-11-24(33)32-14-12-31(13-15-32)19-6-5-7-20(17-19)35-4/h5-7,17-18H,8-16H2,1-4H3,(H,29,30,34)/t18-/m0/s1. The molecule has 1 amide bonds. The molecule has 0 unspecified atom stereocenters. The SMILES string of the molecule is COc1cccc(N2CCN(C(=O)CCc3nc4sc5c(c4c(=O)[nH]3)CC[C@H](C(C)(C)C)C5)CC2)c1. The number of fused-ring (bicyclic) bond motifs is 3. The van der Waals surface area contributed by atoms with Crippen LogP contribution < -0.4 is 15.2 Å². The number of anilines is 1. The van der Waals surface area contributed by atoms with E-state index in [1.165, 1.54) is 10.4 Å². The van der Waals surface area contributed by atoms with E-state index in [1.807, 2.05) is 23.1 Å². The van der Waals surface area contributed by atoms with E-state index in [-0.39, 0.29) is 16.9 Å². The first-order chi connectivity index (χ1) is 17.2. The number of amides is 1. The number of aromatic amines is 1. The summed E-state index contributed by atoms with van der Waals surface area (Å²) in [6.07, 6.45) is 3.89. The minimum atomic E-state index is -0.0546. The van der Waals surface area contributed by atoms with Gasteiger partial charge >= 0.3 is 0 Å². The normalized spacial score (nSPS) is 18.4. The van der Waals surface area contributed by atoms with E-state index >= 15 is 0 Å². The number of benzene rings is 1. The first-order valence-corrected chi connectivity index (χ1v) is 13.7. The lowest BCUT2D eigenvalue weighted by Gasteiger charge is -2.36. The van der Waals surface area contributed by atoms with Gasteiger partial charge in [-0.2, -0.15) is 0 Å². The van der Waals surface area contributed by atoms with Crippen molar-refractivity contribution >= 4 is 33.1 Å². The molecule has 1 saturated heterocycles. The van der Waals surface area contributed by atoms with Crippen molar-refractivity contribution in [3.63, 3.8) is 0 Å². The van der Waals surface area contributed by atoms with Gasteiger partial charge < -0.3 is 19.5 Å². The van der Waals surface area contributed by atoms with Gasteiger partial charge in [0.25, 0.3) is 5.56 Å². The van der Waals surface area contributed by atoms with Crippen molar-refractivity contribution < 1.29 is 9.53 Å². The van der Waals surface area contributed by atoms with Gasteiger partial charge in [0.2, 0.25) is 5.91 Å². The van der Waals surface area contributed by atoms with Crippen molar-refractivity contribution in [3.05, 3.63) is 50.9 Å². The molecule has 0 saturated carbocycles. The molecular formula is C28H36N4O3S. The zero-order valence-corrected chi connectivity index (χ0v) is 22.5. The third kappa shape index (κ3) is 5.01. The van der Waals surface area contributed by atoms with Gasteiger partial charge in [-0.1, -0.05) is 26.8 Å². The largest absolute Gasteiger partial charge is 0.497 e. The van der Waals surface area contributed by atoms with Crippen LogP contribution in [-0.4, -0.2) is 54.1 Å². The predicted octanol–water partition coefficient (Wildman–Crippen LogP) is 4.43. The lowest BCUT2D eigenvalue weighted by molar-refractivity contribution is -0.131. The zero-order chi connectivity index (χ0) is 25.4. The second-order valence-electron chi connectivity index (χ2n) is 11.1. The topological polar surface area (TPSA) is 78.5 Å². The number of ether oxygens (including phenoxy) is 1. The number of H-pyrrole nitrogens is 1. The molecule has 0 spiro atoms. The maximum Gasteiger partial charge on any atom is 0.259 e. The Bertz CT molecular complexity index is 1310. The molecule has 0 radical (unpaired) electrons. The molecule has 1 aromatic carbocycles. The fourth-order valence-corrected chi connectivity index (χ4v) is 6.81. The average molecular weight is 509 g/mol. The highest BCUT2D eigenvalue weighted by atomic mass is 32.1. The Hall–Kier alpha value is -2.87. The Morgan fingerprint density at radius 2 is 2.00 bits per heavy atom. The van der Waals surface area contributed by atoms with Gasteiger partial charge in [-0.15, -0.1) is 11.3 Å². The number of nitrogens with one attached hydrogen (secondary N) is 1. The number of aryl methyl sites for hydroxylation is 2. The Kier molecular flexibility index (Phi) is 6.81. The number of piperazine rings is 1. The van der Waals surface area contributed by atoms with Gasteiger partial charge in [0.15, 0.2) is 0 Å². The molecule has 2 aromatic heterocycles. The van der Waals surface area contributed by atoms with Crippen molar-refractivity contribution in [2.24, 2.45) is 11.3 Å². The second-order valence-corrected chi connectivity index (χ2v) is 12.2. The molecule has 5 rings (SSSR count). The van der Waals surface area contributed by atoms with Gasteiger partial charge in [-0.3, -0.25) is 9.59 Å². The van der Waals surface area contributed by atoms with Gasteiger partial charge in [0, 0.05) is 55.7 Å².